The number of ether oxygens (including phenoxy) is 1. The van der Waals surface area contributed by atoms with Crippen LogP contribution in [0, 0.1) is 0 Å². The molecule has 18 heavy (non-hydrogen) atoms. The summed E-state index contributed by atoms with van der Waals surface area (Å²) in [6.07, 6.45) is -0.622. The van der Waals surface area contributed by atoms with Crippen LogP contribution in [0.15, 0.2) is 24.3 Å². The molecule has 3 N–H and O–H groups in total. The van der Waals surface area contributed by atoms with Crippen molar-refractivity contribution < 1.29 is 14.6 Å². The van der Waals surface area contributed by atoms with E-state index in [0.717, 1.165) is 0 Å². The van der Waals surface area contributed by atoms with Crippen LogP contribution in [-0.2, 0) is 9.53 Å². The van der Waals surface area contributed by atoms with Crippen molar-refractivity contribution in [2.24, 2.45) is 0 Å². The topological polar surface area (TPSA) is 70.6 Å². The lowest BCUT2D eigenvalue weighted by Crippen LogP contribution is -2.35. The summed E-state index contributed by atoms with van der Waals surface area (Å²) in [6.45, 7) is 0.634. The summed E-state index contributed by atoms with van der Waals surface area (Å²) in [5.41, 5.74) is 0.573. The van der Waals surface area contributed by atoms with E-state index in [9.17, 15) is 9.90 Å². The largest absolute Gasteiger partial charge is 0.389 e. The van der Waals surface area contributed by atoms with E-state index in [1.54, 1.807) is 24.3 Å². The first-order valence-electron chi connectivity index (χ1n) is 5.55. The number of hydrogen-bond acceptors (Lipinski definition) is 4. The van der Waals surface area contributed by atoms with Gasteiger partial charge in [-0.15, -0.1) is 0 Å². The van der Waals surface area contributed by atoms with Gasteiger partial charge in [0, 0.05) is 13.7 Å². The second-order valence-electron chi connectivity index (χ2n) is 3.77. The van der Waals surface area contributed by atoms with Gasteiger partial charge in [0.1, 0.15) is 0 Å². The molecule has 0 aromatic heterocycles. The third kappa shape index (κ3) is 5.46. The van der Waals surface area contributed by atoms with E-state index in [1.807, 2.05) is 0 Å². The first-order chi connectivity index (χ1) is 8.63. The van der Waals surface area contributed by atoms with Crippen molar-refractivity contribution >= 4 is 23.2 Å². The molecule has 0 fully saturated rings. The smallest absolute Gasteiger partial charge is 0.238 e. The van der Waals surface area contributed by atoms with Gasteiger partial charge in [-0.3, -0.25) is 4.79 Å². The summed E-state index contributed by atoms with van der Waals surface area (Å²) in [5.74, 6) is -0.215. The number of aliphatic hydroxyl groups is 1. The highest BCUT2D eigenvalue weighted by Crippen LogP contribution is 2.19. The Hall–Kier alpha value is -1.14. The molecule has 0 heterocycles. The summed E-state index contributed by atoms with van der Waals surface area (Å²) >= 11 is 5.90. The van der Waals surface area contributed by atoms with Crippen molar-refractivity contribution in [1.82, 2.24) is 5.32 Å². The van der Waals surface area contributed by atoms with Crippen LogP contribution in [0.3, 0.4) is 0 Å². The molecule has 0 aliphatic heterocycles. The third-order valence-corrected chi connectivity index (χ3v) is 2.50. The highest BCUT2D eigenvalue weighted by molar-refractivity contribution is 6.33. The van der Waals surface area contributed by atoms with Gasteiger partial charge in [0.15, 0.2) is 0 Å². The van der Waals surface area contributed by atoms with Crippen molar-refractivity contribution in [2.75, 3.05) is 32.1 Å². The number of hydrogen-bond donors (Lipinski definition) is 3. The second-order valence-corrected chi connectivity index (χ2v) is 4.18. The predicted octanol–water partition coefficient (Wildman–Crippen LogP) is 0.875. The summed E-state index contributed by atoms with van der Waals surface area (Å²) in [4.78, 5) is 11.6. The first kappa shape index (κ1) is 14.9. The number of methoxy groups -OCH3 is 1. The molecule has 0 saturated heterocycles. The monoisotopic (exact) mass is 272 g/mol. The average Bonchev–Trinajstić information content (AvgIpc) is 2.32. The van der Waals surface area contributed by atoms with Crippen molar-refractivity contribution in [3.63, 3.8) is 0 Å². The van der Waals surface area contributed by atoms with Gasteiger partial charge in [-0.25, -0.2) is 0 Å². The van der Waals surface area contributed by atoms with Crippen molar-refractivity contribution in [3.05, 3.63) is 29.3 Å². The maximum Gasteiger partial charge on any atom is 0.238 e. The van der Waals surface area contributed by atoms with Crippen LogP contribution in [0.2, 0.25) is 5.02 Å². The maximum absolute atomic E-state index is 11.6. The summed E-state index contributed by atoms with van der Waals surface area (Å²) < 4.78 is 4.76. The van der Waals surface area contributed by atoms with E-state index >= 15 is 0 Å². The van der Waals surface area contributed by atoms with E-state index in [1.165, 1.54) is 7.11 Å². The highest BCUT2D eigenvalue weighted by atomic mass is 35.5. The summed E-state index contributed by atoms with van der Waals surface area (Å²) in [7, 11) is 1.51. The zero-order chi connectivity index (χ0) is 13.4. The first-order valence-corrected chi connectivity index (χ1v) is 5.93. The molecule has 1 unspecified atom stereocenters. The number of benzene rings is 1. The molecule has 0 aliphatic carbocycles. The van der Waals surface area contributed by atoms with Crippen LogP contribution in [-0.4, -0.2) is 43.9 Å². The second kappa shape index (κ2) is 8.05. The molecule has 1 aromatic carbocycles. The predicted molar refractivity (Wildman–Crippen MR) is 70.8 cm³/mol. The van der Waals surface area contributed by atoms with Crippen LogP contribution in [0.5, 0.6) is 0 Å². The Morgan fingerprint density at radius 3 is 2.89 bits per heavy atom. The lowest BCUT2D eigenvalue weighted by atomic mass is 10.3. The fraction of sp³-hybridized carbons (Fsp3) is 0.417. The molecule has 1 rings (SSSR count). The maximum atomic E-state index is 11.6. The quantitative estimate of drug-likeness (QED) is 0.689. The molecule has 100 valence electrons. The normalized spacial score (nSPS) is 12.2. The zero-order valence-electron chi connectivity index (χ0n) is 10.1. The van der Waals surface area contributed by atoms with Gasteiger partial charge in [0.05, 0.1) is 30.0 Å². The van der Waals surface area contributed by atoms with E-state index < -0.39 is 6.10 Å². The Labute approximate surface area is 111 Å². The van der Waals surface area contributed by atoms with Gasteiger partial charge >= 0.3 is 0 Å². The zero-order valence-corrected chi connectivity index (χ0v) is 10.9. The van der Waals surface area contributed by atoms with E-state index in [4.69, 9.17) is 16.3 Å². The van der Waals surface area contributed by atoms with Gasteiger partial charge in [-0.2, -0.15) is 0 Å². The Balaban J connectivity index is 2.28. The number of rotatable bonds is 7. The van der Waals surface area contributed by atoms with E-state index in [0.29, 0.717) is 17.3 Å². The van der Waals surface area contributed by atoms with Crippen LogP contribution in [0.4, 0.5) is 5.69 Å². The van der Waals surface area contributed by atoms with Gasteiger partial charge in [0.25, 0.3) is 0 Å². The lowest BCUT2D eigenvalue weighted by Gasteiger charge is -2.11. The Bertz CT molecular complexity index is 387. The van der Waals surface area contributed by atoms with Crippen LogP contribution < -0.4 is 10.6 Å². The molecule has 0 spiro atoms. The number of para-hydroxylation sites is 1. The summed E-state index contributed by atoms with van der Waals surface area (Å²) in [6, 6.07) is 7.00. The number of carbonyl (C=O) groups excluding carboxylic acids is 1. The number of carbonyl (C=O) groups is 1. The minimum Gasteiger partial charge on any atom is -0.389 e. The molecule has 5 nitrogen and oxygen atoms in total. The Kier molecular flexibility index (Phi) is 6.67. The van der Waals surface area contributed by atoms with E-state index in [2.05, 4.69) is 10.6 Å². The molecule has 1 atom stereocenters. The molecule has 1 aromatic rings. The molecule has 0 saturated carbocycles. The highest BCUT2D eigenvalue weighted by Gasteiger charge is 2.07. The molecule has 0 bridgehead atoms. The van der Waals surface area contributed by atoms with Gasteiger partial charge in [-0.05, 0) is 12.1 Å². The SMILES string of the molecule is COCC(O)CNCC(=O)Nc1ccccc1Cl. The minimum atomic E-state index is -0.622. The van der Waals surface area contributed by atoms with Crippen molar-refractivity contribution in [2.45, 2.75) is 6.10 Å². The molecule has 0 radical (unpaired) electrons. The molecule has 6 heteroatoms. The van der Waals surface area contributed by atoms with Crippen LogP contribution in [0.1, 0.15) is 0 Å². The third-order valence-electron chi connectivity index (χ3n) is 2.17. The van der Waals surface area contributed by atoms with Gasteiger partial charge < -0.3 is 20.5 Å². The molecule has 1 amide bonds. The number of amides is 1. The van der Waals surface area contributed by atoms with Gasteiger partial charge in [-0.1, -0.05) is 23.7 Å². The van der Waals surface area contributed by atoms with Crippen LogP contribution >= 0.6 is 11.6 Å². The summed E-state index contributed by atoms with van der Waals surface area (Å²) in [5, 5.41) is 15.3. The Morgan fingerprint density at radius 1 is 1.50 bits per heavy atom. The number of halogens is 1. The molecule has 0 aliphatic rings. The molecular formula is C12H17ClN2O3. The van der Waals surface area contributed by atoms with E-state index in [-0.39, 0.29) is 19.1 Å². The van der Waals surface area contributed by atoms with Crippen molar-refractivity contribution in [3.8, 4) is 0 Å². The minimum absolute atomic E-state index is 0.103. The Morgan fingerprint density at radius 2 is 2.22 bits per heavy atom. The fourth-order valence-electron chi connectivity index (χ4n) is 1.36. The van der Waals surface area contributed by atoms with Crippen LogP contribution in [0.25, 0.3) is 0 Å². The number of anilines is 1. The average molecular weight is 273 g/mol. The lowest BCUT2D eigenvalue weighted by molar-refractivity contribution is -0.115. The number of nitrogens with one attached hydrogen (secondary N) is 2. The molecular weight excluding hydrogens is 256 g/mol. The van der Waals surface area contributed by atoms with Gasteiger partial charge in [0.2, 0.25) is 5.91 Å². The number of aliphatic hydroxyl groups excluding tert-OH is 1. The standard InChI is InChI=1S/C12H17ClN2O3/c1-18-8-9(16)6-14-7-12(17)15-11-5-3-2-4-10(11)13/h2-5,9,14,16H,6-8H2,1H3,(H,15,17). The van der Waals surface area contributed by atoms with Crippen molar-refractivity contribution in [1.29, 1.82) is 0 Å². The fourth-order valence-corrected chi connectivity index (χ4v) is 1.54.